The maximum atomic E-state index is 12.1. The molecule has 3 heteroatoms. The molecule has 1 saturated carbocycles. The van der Waals surface area contributed by atoms with E-state index in [1.54, 1.807) is 0 Å². The normalized spacial score (nSPS) is 36.8. The van der Waals surface area contributed by atoms with Gasteiger partial charge in [0.1, 0.15) is 6.17 Å². The molecule has 1 aliphatic carbocycles. The van der Waals surface area contributed by atoms with Gasteiger partial charge in [0.2, 0.25) is 0 Å². The average Bonchev–Trinajstić information content (AvgIpc) is 1.87. The third-order valence-corrected chi connectivity index (χ3v) is 1.41. The Morgan fingerprint density at radius 2 is 2.00 bits per heavy atom. The average molecular weight is 140 g/mol. The minimum Gasteiger partial charge on any atom is -0.328 e. The van der Waals surface area contributed by atoms with Crippen LogP contribution < -0.4 is 5.73 Å². The molecule has 1 nitrogen and oxygen atoms in total. The molecule has 0 aromatic heterocycles. The van der Waals surface area contributed by atoms with Crippen molar-refractivity contribution in [2.24, 2.45) is 5.73 Å². The van der Waals surface area contributed by atoms with Gasteiger partial charge >= 0.3 is 0 Å². The summed E-state index contributed by atoms with van der Waals surface area (Å²) in [7, 11) is 0. The molecule has 8 heavy (non-hydrogen) atoms. The Bertz CT molecular complexity index is 61.4. The first-order valence-corrected chi connectivity index (χ1v) is 2.68. The molecule has 0 aromatic rings. The molecule has 1 fully saturated rings. The fourth-order valence-corrected chi connectivity index (χ4v) is 0.959. The van der Waals surface area contributed by atoms with E-state index in [0.717, 1.165) is 6.42 Å². The van der Waals surface area contributed by atoms with Gasteiger partial charge in [-0.05, 0) is 19.3 Å². The van der Waals surface area contributed by atoms with Crippen molar-refractivity contribution in [2.75, 3.05) is 0 Å². The minimum atomic E-state index is -0.602. The summed E-state index contributed by atoms with van der Waals surface area (Å²) in [5, 5.41) is 0. The highest BCUT2D eigenvalue weighted by Gasteiger charge is 2.19. The van der Waals surface area contributed by atoms with E-state index < -0.39 is 6.17 Å². The smallest absolute Gasteiger partial charge is 0.102 e. The first-order valence-electron chi connectivity index (χ1n) is 2.68. The molecule has 0 amide bonds. The van der Waals surface area contributed by atoms with Crippen molar-refractivity contribution in [3.05, 3.63) is 0 Å². The molecular weight excluding hydrogens is 129 g/mol. The Labute approximate surface area is 54.9 Å². The summed E-state index contributed by atoms with van der Waals surface area (Å²) in [5.41, 5.74) is 5.39. The third kappa shape index (κ3) is 1.97. The summed E-state index contributed by atoms with van der Waals surface area (Å²) >= 11 is 0. The van der Waals surface area contributed by atoms with Crippen LogP contribution in [0.4, 0.5) is 4.39 Å². The molecule has 0 radical (unpaired) electrons. The minimum absolute atomic E-state index is 0. The highest BCUT2D eigenvalue weighted by Crippen LogP contribution is 2.19. The second kappa shape index (κ2) is 3.25. The Morgan fingerprint density at radius 1 is 1.38 bits per heavy atom. The largest absolute Gasteiger partial charge is 0.328 e. The molecule has 2 N–H and O–H groups in total. The maximum absolute atomic E-state index is 12.1. The van der Waals surface area contributed by atoms with Crippen LogP contribution in [0.5, 0.6) is 0 Å². The zero-order chi connectivity index (χ0) is 5.28. The lowest BCUT2D eigenvalue weighted by molar-refractivity contribution is 0.339. The van der Waals surface area contributed by atoms with Crippen LogP contribution in [0.2, 0.25) is 0 Å². The molecule has 2 atom stereocenters. The summed E-state index contributed by atoms with van der Waals surface area (Å²) in [5.74, 6) is 0. The lowest BCUT2D eigenvalue weighted by Gasteiger charge is -1.94. The van der Waals surface area contributed by atoms with Crippen LogP contribution in [0.3, 0.4) is 0 Å². The van der Waals surface area contributed by atoms with Gasteiger partial charge in [-0.15, -0.1) is 12.4 Å². The van der Waals surface area contributed by atoms with Gasteiger partial charge in [0.15, 0.2) is 0 Å². The summed E-state index contributed by atoms with van der Waals surface area (Å²) in [4.78, 5) is 0. The number of alkyl halides is 1. The van der Waals surface area contributed by atoms with Gasteiger partial charge in [0.05, 0.1) is 0 Å². The second-order valence-electron chi connectivity index (χ2n) is 2.17. The summed E-state index contributed by atoms with van der Waals surface area (Å²) < 4.78 is 12.1. The number of nitrogens with two attached hydrogens (primary N) is 1. The van der Waals surface area contributed by atoms with E-state index in [-0.39, 0.29) is 18.4 Å². The van der Waals surface area contributed by atoms with E-state index in [1.165, 1.54) is 0 Å². The lowest BCUT2D eigenvalue weighted by atomic mass is 10.3. The van der Waals surface area contributed by atoms with Gasteiger partial charge in [-0.1, -0.05) is 0 Å². The molecule has 0 spiro atoms. The monoisotopic (exact) mass is 139 g/mol. The molecule has 0 bridgehead atoms. The Hall–Kier alpha value is 0.180. The molecular formula is C5H11ClFN. The van der Waals surface area contributed by atoms with Gasteiger partial charge in [-0.25, -0.2) is 4.39 Å². The van der Waals surface area contributed by atoms with E-state index in [2.05, 4.69) is 0 Å². The van der Waals surface area contributed by atoms with Crippen LogP contribution in [0, 0.1) is 0 Å². The fraction of sp³-hybridized carbons (Fsp3) is 1.00. The van der Waals surface area contributed by atoms with E-state index in [0.29, 0.717) is 12.8 Å². The molecule has 0 aromatic carbocycles. The summed E-state index contributed by atoms with van der Waals surface area (Å²) in [6.45, 7) is 0. The van der Waals surface area contributed by atoms with Crippen LogP contribution in [0.25, 0.3) is 0 Å². The van der Waals surface area contributed by atoms with Crippen molar-refractivity contribution in [3.63, 3.8) is 0 Å². The maximum Gasteiger partial charge on any atom is 0.102 e. The molecule has 1 rings (SSSR count). The summed E-state index contributed by atoms with van der Waals surface area (Å²) in [6, 6.07) is 0.148. The Kier molecular flexibility index (Phi) is 3.33. The molecule has 1 aliphatic rings. The topological polar surface area (TPSA) is 26.0 Å². The van der Waals surface area contributed by atoms with Gasteiger partial charge < -0.3 is 5.73 Å². The summed E-state index contributed by atoms with van der Waals surface area (Å²) in [6.07, 6.45) is 1.54. The molecule has 0 unspecified atom stereocenters. The highest BCUT2D eigenvalue weighted by atomic mass is 35.5. The van der Waals surface area contributed by atoms with E-state index >= 15 is 0 Å². The molecule has 50 valence electrons. The standard InChI is InChI=1S/C5H10FN.ClH/c6-4-1-2-5(7)3-4;/h4-5H,1-3,7H2;1H/t4-,5-;/m0./s1. The van der Waals surface area contributed by atoms with Gasteiger partial charge in [-0.3, -0.25) is 0 Å². The van der Waals surface area contributed by atoms with Crippen molar-refractivity contribution in [1.29, 1.82) is 0 Å². The number of rotatable bonds is 0. The Balaban J connectivity index is 0.000000490. The van der Waals surface area contributed by atoms with Crippen molar-refractivity contribution >= 4 is 12.4 Å². The van der Waals surface area contributed by atoms with Crippen LogP contribution in [-0.4, -0.2) is 12.2 Å². The van der Waals surface area contributed by atoms with Gasteiger partial charge in [0.25, 0.3) is 0 Å². The van der Waals surface area contributed by atoms with Crippen LogP contribution in [-0.2, 0) is 0 Å². The molecule has 0 saturated heterocycles. The number of hydrogen-bond donors (Lipinski definition) is 1. The van der Waals surface area contributed by atoms with E-state index in [9.17, 15) is 4.39 Å². The highest BCUT2D eigenvalue weighted by molar-refractivity contribution is 5.85. The second-order valence-corrected chi connectivity index (χ2v) is 2.17. The lowest BCUT2D eigenvalue weighted by Crippen LogP contribution is -2.14. The van der Waals surface area contributed by atoms with Crippen LogP contribution in [0.1, 0.15) is 19.3 Å². The van der Waals surface area contributed by atoms with Crippen molar-refractivity contribution < 1.29 is 4.39 Å². The predicted molar refractivity (Wildman–Crippen MR) is 34.0 cm³/mol. The van der Waals surface area contributed by atoms with Gasteiger partial charge in [-0.2, -0.15) is 0 Å². The zero-order valence-corrected chi connectivity index (χ0v) is 5.46. The van der Waals surface area contributed by atoms with E-state index in [4.69, 9.17) is 5.73 Å². The fourth-order valence-electron chi connectivity index (χ4n) is 0.959. The predicted octanol–water partition coefficient (Wildman–Crippen LogP) is 1.26. The third-order valence-electron chi connectivity index (χ3n) is 1.41. The van der Waals surface area contributed by atoms with Crippen molar-refractivity contribution in [3.8, 4) is 0 Å². The molecule has 0 heterocycles. The number of halogens is 2. The van der Waals surface area contributed by atoms with E-state index in [1.807, 2.05) is 0 Å². The SMILES string of the molecule is Cl.N[C@H]1CC[C@H](F)C1. The van der Waals surface area contributed by atoms with Crippen LogP contribution >= 0.6 is 12.4 Å². The zero-order valence-electron chi connectivity index (χ0n) is 4.64. The van der Waals surface area contributed by atoms with Gasteiger partial charge in [0, 0.05) is 6.04 Å². The first-order chi connectivity index (χ1) is 3.29. The van der Waals surface area contributed by atoms with Crippen molar-refractivity contribution in [2.45, 2.75) is 31.5 Å². The van der Waals surface area contributed by atoms with Crippen molar-refractivity contribution in [1.82, 2.24) is 0 Å². The number of hydrogen-bond acceptors (Lipinski definition) is 1. The van der Waals surface area contributed by atoms with Crippen LogP contribution in [0.15, 0.2) is 0 Å². The quantitative estimate of drug-likeness (QED) is 0.537. The Morgan fingerprint density at radius 3 is 2.12 bits per heavy atom. The molecule has 0 aliphatic heterocycles. The first kappa shape index (κ1) is 8.18.